The number of carbonyl (C=O) groups is 2. The third kappa shape index (κ3) is 5.04. The van der Waals surface area contributed by atoms with Crippen LogP contribution in [0.3, 0.4) is 0 Å². The van der Waals surface area contributed by atoms with Crippen LogP contribution in [0.1, 0.15) is 39.0 Å². The number of hydrazine groups is 1. The lowest BCUT2D eigenvalue weighted by Gasteiger charge is -2.24. The summed E-state index contributed by atoms with van der Waals surface area (Å²) in [5, 5.41) is 6.55. The highest BCUT2D eigenvalue weighted by Crippen LogP contribution is 2.27. The number of aryl methyl sites for hydroxylation is 1. The maximum absolute atomic E-state index is 13.1. The molecule has 1 aromatic heterocycles. The number of aromatic nitrogens is 1. The van der Waals surface area contributed by atoms with Gasteiger partial charge in [-0.15, -0.1) is 0 Å². The summed E-state index contributed by atoms with van der Waals surface area (Å²) < 4.78 is 4.98. The van der Waals surface area contributed by atoms with E-state index in [2.05, 4.69) is 21.3 Å². The SMILES string of the molecule is Cc1cc(C(=O)NCc2ccc(C3NNCC3C(=O)N(C)Cc3ccccc3)cc2)on1. The first-order valence-electron chi connectivity index (χ1n) is 10.6. The van der Waals surface area contributed by atoms with E-state index in [4.69, 9.17) is 4.52 Å². The van der Waals surface area contributed by atoms with Crippen molar-refractivity contribution in [1.82, 2.24) is 26.2 Å². The lowest BCUT2D eigenvalue weighted by molar-refractivity contribution is -0.134. The van der Waals surface area contributed by atoms with E-state index in [1.165, 1.54) is 0 Å². The van der Waals surface area contributed by atoms with Gasteiger partial charge in [-0.2, -0.15) is 0 Å². The van der Waals surface area contributed by atoms with Crippen LogP contribution in [0.2, 0.25) is 0 Å². The molecule has 8 heteroatoms. The van der Waals surface area contributed by atoms with Crippen molar-refractivity contribution in [1.29, 1.82) is 0 Å². The van der Waals surface area contributed by atoms with Crippen LogP contribution in [0.15, 0.2) is 65.2 Å². The van der Waals surface area contributed by atoms with E-state index in [0.717, 1.165) is 16.7 Å². The predicted octanol–water partition coefficient (Wildman–Crippen LogP) is 2.34. The molecule has 0 spiro atoms. The van der Waals surface area contributed by atoms with Crippen molar-refractivity contribution < 1.29 is 14.1 Å². The molecule has 2 aromatic carbocycles. The van der Waals surface area contributed by atoms with Crippen LogP contribution in [-0.4, -0.2) is 35.5 Å². The molecule has 3 N–H and O–H groups in total. The summed E-state index contributed by atoms with van der Waals surface area (Å²) in [6.45, 7) is 3.28. The van der Waals surface area contributed by atoms with E-state index in [1.807, 2.05) is 61.6 Å². The van der Waals surface area contributed by atoms with Crippen LogP contribution in [0.25, 0.3) is 0 Å². The second-order valence-corrected chi connectivity index (χ2v) is 8.05. The van der Waals surface area contributed by atoms with E-state index in [-0.39, 0.29) is 29.5 Å². The predicted molar refractivity (Wildman–Crippen MR) is 119 cm³/mol. The summed E-state index contributed by atoms with van der Waals surface area (Å²) in [6, 6.07) is 19.3. The molecule has 2 unspecified atom stereocenters. The molecular weight excluding hydrogens is 406 g/mol. The number of hydrogen-bond donors (Lipinski definition) is 3. The highest BCUT2D eigenvalue weighted by molar-refractivity contribution is 5.91. The number of carbonyl (C=O) groups excluding carboxylic acids is 2. The summed E-state index contributed by atoms with van der Waals surface area (Å²) in [7, 11) is 1.84. The maximum Gasteiger partial charge on any atom is 0.290 e. The summed E-state index contributed by atoms with van der Waals surface area (Å²) in [5.74, 6) is -0.219. The van der Waals surface area contributed by atoms with Crippen molar-refractivity contribution in [2.24, 2.45) is 5.92 Å². The molecule has 1 aliphatic heterocycles. The van der Waals surface area contributed by atoms with Crippen molar-refractivity contribution in [3.63, 3.8) is 0 Å². The van der Waals surface area contributed by atoms with Crippen LogP contribution < -0.4 is 16.2 Å². The van der Waals surface area contributed by atoms with E-state index in [1.54, 1.807) is 17.9 Å². The Balaban J connectivity index is 1.36. The zero-order valence-corrected chi connectivity index (χ0v) is 18.2. The number of benzene rings is 2. The monoisotopic (exact) mass is 433 g/mol. The average Bonchev–Trinajstić information content (AvgIpc) is 3.47. The fraction of sp³-hybridized carbons (Fsp3) is 0.292. The Morgan fingerprint density at radius 3 is 2.56 bits per heavy atom. The average molecular weight is 434 g/mol. The van der Waals surface area contributed by atoms with E-state index in [0.29, 0.717) is 25.3 Å². The minimum atomic E-state index is -0.302. The van der Waals surface area contributed by atoms with Crippen molar-refractivity contribution in [2.75, 3.05) is 13.6 Å². The fourth-order valence-electron chi connectivity index (χ4n) is 3.84. The molecule has 166 valence electrons. The van der Waals surface area contributed by atoms with Crippen molar-refractivity contribution in [3.05, 3.63) is 88.8 Å². The third-order valence-electron chi connectivity index (χ3n) is 5.58. The minimum absolute atomic E-state index is 0.0926. The van der Waals surface area contributed by atoms with Crippen molar-refractivity contribution in [3.8, 4) is 0 Å². The highest BCUT2D eigenvalue weighted by atomic mass is 16.5. The van der Waals surface area contributed by atoms with E-state index >= 15 is 0 Å². The molecule has 2 heterocycles. The molecule has 0 saturated carbocycles. The zero-order chi connectivity index (χ0) is 22.5. The van der Waals surface area contributed by atoms with Gasteiger partial charge >= 0.3 is 0 Å². The summed E-state index contributed by atoms with van der Waals surface area (Å²) in [6.07, 6.45) is 0. The van der Waals surface area contributed by atoms with Gasteiger partial charge in [-0.1, -0.05) is 59.8 Å². The number of nitrogens with zero attached hydrogens (tertiary/aromatic N) is 2. The lowest BCUT2D eigenvalue weighted by atomic mass is 9.93. The quantitative estimate of drug-likeness (QED) is 0.529. The third-order valence-corrected chi connectivity index (χ3v) is 5.58. The van der Waals surface area contributed by atoms with E-state index in [9.17, 15) is 9.59 Å². The van der Waals surface area contributed by atoms with Crippen molar-refractivity contribution in [2.45, 2.75) is 26.1 Å². The van der Waals surface area contributed by atoms with Gasteiger partial charge in [0.2, 0.25) is 11.7 Å². The fourth-order valence-corrected chi connectivity index (χ4v) is 3.84. The Morgan fingerprint density at radius 1 is 1.12 bits per heavy atom. The summed E-state index contributed by atoms with van der Waals surface area (Å²) in [5.41, 5.74) is 10.1. The van der Waals surface area contributed by atoms with Gasteiger partial charge in [-0.25, -0.2) is 5.43 Å². The molecule has 0 radical (unpaired) electrons. The van der Waals surface area contributed by atoms with E-state index < -0.39 is 0 Å². The molecule has 1 saturated heterocycles. The first-order valence-corrected chi connectivity index (χ1v) is 10.6. The van der Waals surface area contributed by atoms with Crippen LogP contribution in [0.4, 0.5) is 0 Å². The Kier molecular flexibility index (Phi) is 6.63. The molecule has 4 rings (SSSR count). The van der Waals surface area contributed by atoms with Gasteiger partial charge in [0.25, 0.3) is 5.91 Å². The van der Waals surface area contributed by atoms with Gasteiger partial charge in [-0.05, 0) is 23.6 Å². The second kappa shape index (κ2) is 9.76. The minimum Gasteiger partial charge on any atom is -0.351 e. The van der Waals surface area contributed by atoms with Gasteiger partial charge in [-0.3, -0.25) is 15.0 Å². The molecule has 2 amide bonds. The Hall–Kier alpha value is -3.49. The molecule has 0 bridgehead atoms. The number of amides is 2. The number of hydrogen-bond acceptors (Lipinski definition) is 6. The highest BCUT2D eigenvalue weighted by Gasteiger charge is 2.35. The van der Waals surface area contributed by atoms with Crippen LogP contribution >= 0.6 is 0 Å². The Bertz CT molecular complexity index is 1060. The molecule has 32 heavy (non-hydrogen) atoms. The van der Waals surface area contributed by atoms with Crippen LogP contribution in [0.5, 0.6) is 0 Å². The molecule has 3 aromatic rings. The van der Waals surface area contributed by atoms with Gasteiger partial charge in [0.1, 0.15) is 0 Å². The molecule has 2 atom stereocenters. The zero-order valence-electron chi connectivity index (χ0n) is 18.2. The smallest absolute Gasteiger partial charge is 0.290 e. The van der Waals surface area contributed by atoms with Crippen LogP contribution in [0, 0.1) is 12.8 Å². The molecule has 8 nitrogen and oxygen atoms in total. The normalized spacial score (nSPS) is 17.8. The second-order valence-electron chi connectivity index (χ2n) is 8.05. The molecular formula is C24H27N5O3. The van der Waals surface area contributed by atoms with Gasteiger partial charge in [0.15, 0.2) is 0 Å². The largest absolute Gasteiger partial charge is 0.351 e. The molecule has 1 aliphatic rings. The van der Waals surface area contributed by atoms with Crippen molar-refractivity contribution >= 4 is 11.8 Å². The number of rotatable bonds is 7. The van der Waals surface area contributed by atoms with Gasteiger partial charge in [0, 0.05) is 32.7 Å². The topological polar surface area (TPSA) is 99.5 Å². The lowest BCUT2D eigenvalue weighted by Crippen LogP contribution is -2.36. The Morgan fingerprint density at radius 2 is 1.88 bits per heavy atom. The van der Waals surface area contributed by atoms with Crippen LogP contribution in [-0.2, 0) is 17.9 Å². The maximum atomic E-state index is 13.1. The standard InChI is InChI=1S/C24H27N5O3/c1-16-12-21(32-28-16)23(30)25-13-17-8-10-19(11-9-17)22-20(14-26-27-22)24(31)29(2)15-18-6-4-3-5-7-18/h3-12,20,22,26-27H,13-15H2,1-2H3,(H,25,30). The first-order chi connectivity index (χ1) is 15.5. The van der Waals surface area contributed by atoms with Gasteiger partial charge in [0.05, 0.1) is 17.7 Å². The summed E-state index contributed by atoms with van der Waals surface area (Å²) >= 11 is 0. The van der Waals surface area contributed by atoms with Gasteiger partial charge < -0.3 is 14.7 Å². The first kappa shape index (κ1) is 21.7. The Labute approximate surface area is 186 Å². The number of nitrogens with one attached hydrogen (secondary N) is 3. The summed E-state index contributed by atoms with van der Waals surface area (Å²) in [4.78, 5) is 27.0. The molecule has 0 aliphatic carbocycles. The molecule has 1 fully saturated rings.